The van der Waals surface area contributed by atoms with E-state index in [9.17, 15) is 4.79 Å². The van der Waals surface area contributed by atoms with Gasteiger partial charge in [0.15, 0.2) is 0 Å². The smallest absolute Gasteiger partial charge is 0.251 e. The standard InChI is InChI=1S/C24H38N4O/c1-18-8-11-27(12-9-18)16-21-17-28-13-10-20(21)14-23(28)15-25-24(29)19-4-6-22(7-5-19)26(2)3/h4-7,18,20-21,23H,8-17H2,1-3H3,(H,25,29)/t20-,21+,23+/m0/s1. The van der Waals surface area contributed by atoms with Crippen molar-refractivity contribution in [3.63, 3.8) is 0 Å². The zero-order valence-corrected chi connectivity index (χ0v) is 18.4. The third kappa shape index (κ3) is 4.95. The van der Waals surface area contributed by atoms with Crippen molar-refractivity contribution >= 4 is 11.6 Å². The number of rotatable bonds is 6. The molecule has 5 rings (SSSR count). The average Bonchev–Trinajstić information content (AvgIpc) is 2.74. The third-order valence-corrected chi connectivity index (χ3v) is 7.53. The highest BCUT2D eigenvalue weighted by Gasteiger charge is 2.40. The van der Waals surface area contributed by atoms with Crippen LogP contribution in [0.5, 0.6) is 0 Å². The first kappa shape index (κ1) is 20.7. The Labute approximate surface area is 176 Å². The summed E-state index contributed by atoms with van der Waals surface area (Å²) in [6, 6.07) is 8.37. The number of hydrogen-bond donors (Lipinski definition) is 1. The fourth-order valence-electron chi connectivity index (χ4n) is 5.47. The zero-order valence-electron chi connectivity index (χ0n) is 18.4. The molecule has 4 aliphatic heterocycles. The largest absolute Gasteiger partial charge is 0.378 e. The summed E-state index contributed by atoms with van der Waals surface area (Å²) < 4.78 is 0. The van der Waals surface area contributed by atoms with E-state index in [1.54, 1.807) is 0 Å². The Hall–Kier alpha value is -1.59. The van der Waals surface area contributed by atoms with E-state index in [0.29, 0.717) is 6.04 Å². The maximum Gasteiger partial charge on any atom is 0.251 e. The van der Waals surface area contributed by atoms with Gasteiger partial charge < -0.3 is 15.1 Å². The Morgan fingerprint density at radius 1 is 1.10 bits per heavy atom. The summed E-state index contributed by atoms with van der Waals surface area (Å²) in [6.45, 7) is 9.45. The molecule has 4 saturated heterocycles. The van der Waals surface area contributed by atoms with Gasteiger partial charge in [-0.3, -0.25) is 9.69 Å². The molecule has 5 nitrogen and oxygen atoms in total. The first-order valence-electron chi connectivity index (χ1n) is 11.5. The molecule has 0 spiro atoms. The van der Waals surface area contributed by atoms with Gasteiger partial charge in [-0.15, -0.1) is 0 Å². The minimum Gasteiger partial charge on any atom is -0.378 e. The lowest BCUT2D eigenvalue weighted by Crippen LogP contribution is -2.58. The van der Waals surface area contributed by atoms with Crippen LogP contribution in [0.1, 0.15) is 43.0 Å². The first-order valence-corrected chi connectivity index (χ1v) is 11.5. The number of carbonyl (C=O) groups is 1. The topological polar surface area (TPSA) is 38.8 Å². The van der Waals surface area contributed by atoms with Crippen LogP contribution < -0.4 is 10.2 Å². The highest BCUT2D eigenvalue weighted by atomic mass is 16.1. The summed E-state index contributed by atoms with van der Waals surface area (Å²) in [7, 11) is 4.03. The van der Waals surface area contributed by atoms with Crippen molar-refractivity contribution in [2.24, 2.45) is 17.8 Å². The van der Waals surface area contributed by atoms with E-state index in [0.717, 1.165) is 35.5 Å². The molecule has 4 aliphatic rings. The second-order valence-electron chi connectivity index (χ2n) is 9.83. The van der Waals surface area contributed by atoms with Gasteiger partial charge in [0.05, 0.1) is 0 Å². The zero-order chi connectivity index (χ0) is 20.4. The minimum atomic E-state index is 0.0527. The number of anilines is 1. The Kier molecular flexibility index (Phi) is 6.45. The van der Waals surface area contributed by atoms with E-state index in [1.807, 2.05) is 38.4 Å². The monoisotopic (exact) mass is 398 g/mol. The average molecular weight is 399 g/mol. The number of hydrogen-bond acceptors (Lipinski definition) is 4. The van der Waals surface area contributed by atoms with Crippen LogP contribution in [0.15, 0.2) is 24.3 Å². The Bertz CT molecular complexity index is 681. The molecule has 0 aliphatic carbocycles. The van der Waals surface area contributed by atoms with Crippen molar-refractivity contribution in [2.45, 2.75) is 38.6 Å². The summed E-state index contributed by atoms with van der Waals surface area (Å²) in [5.74, 6) is 2.62. The van der Waals surface area contributed by atoms with Crippen LogP contribution in [-0.4, -0.2) is 75.1 Å². The molecule has 4 fully saturated rings. The van der Waals surface area contributed by atoms with Crippen LogP contribution in [0.2, 0.25) is 0 Å². The summed E-state index contributed by atoms with van der Waals surface area (Å²) in [5, 5.41) is 3.20. The van der Waals surface area contributed by atoms with Gasteiger partial charge in [-0.2, -0.15) is 0 Å². The maximum atomic E-state index is 12.6. The van der Waals surface area contributed by atoms with E-state index in [2.05, 4.69) is 26.9 Å². The molecular formula is C24H38N4O. The molecule has 0 aromatic heterocycles. The first-order chi connectivity index (χ1) is 14.0. The molecule has 1 N–H and O–H groups in total. The van der Waals surface area contributed by atoms with Crippen molar-refractivity contribution in [3.05, 3.63) is 29.8 Å². The molecule has 1 aromatic carbocycles. The Balaban J connectivity index is 1.25. The van der Waals surface area contributed by atoms with Gasteiger partial charge >= 0.3 is 0 Å². The van der Waals surface area contributed by atoms with Crippen molar-refractivity contribution in [2.75, 3.05) is 58.3 Å². The van der Waals surface area contributed by atoms with E-state index < -0.39 is 0 Å². The van der Waals surface area contributed by atoms with E-state index in [1.165, 1.54) is 58.4 Å². The van der Waals surface area contributed by atoms with E-state index in [4.69, 9.17) is 0 Å². The van der Waals surface area contributed by atoms with Gasteiger partial charge in [0.2, 0.25) is 0 Å². The number of amides is 1. The quantitative estimate of drug-likeness (QED) is 0.800. The normalized spacial score (nSPS) is 30.3. The predicted octanol–water partition coefficient (Wildman–Crippen LogP) is 2.92. The van der Waals surface area contributed by atoms with Crippen molar-refractivity contribution < 1.29 is 4.79 Å². The molecular weight excluding hydrogens is 360 g/mol. The fourth-order valence-corrected chi connectivity index (χ4v) is 5.47. The second kappa shape index (κ2) is 9.05. The van der Waals surface area contributed by atoms with Gasteiger partial charge in [0, 0.05) is 51.0 Å². The highest BCUT2D eigenvalue weighted by molar-refractivity contribution is 5.94. The van der Waals surface area contributed by atoms with Gasteiger partial charge in [-0.05, 0) is 87.3 Å². The lowest BCUT2D eigenvalue weighted by atomic mass is 9.75. The molecule has 5 heteroatoms. The fraction of sp³-hybridized carbons (Fsp3) is 0.708. The molecule has 4 atom stereocenters. The van der Waals surface area contributed by atoms with Crippen LogP contribution in [-0.2, 0) is 0 Å². The molecule has 160 valence electrons. The summed E-state index contributed by atoms with van der Waals surface area (Å²) in [6.07, 6.45) is 5.32. The molecule has 2 bridgehead atoms. The number of nitrogens with zero attached hydrogens (tertiary/aromatic N) is 3. The van der Waals surface area contributed by atoms with Crippen LogP contribution >= 0.6 is 0 Å². The molecule has 1 amide bonds. The number of carbonyl (C=O) groups excluding carboxylic acids is 1. The molecule has 0 saturated carbocycles. The van der Waals surface area contributed by atoms with Gasteiger partial charge in [0.25, 0.3) is 5.91 Å². The maximum absolute atomic E-state index is 12.6. The van der Waals surface area contributed by atoms with Crippen LogP contribution in [0.4, 0.5) is 5.69 Å². The SMILES string of the molecule is CC1CCN(C[C@@H]2CN3CC[C@H]2C[C@@H]3CNC(=O)c2ccc(N(C)C)cc2)CC1. The molecule has 0 radical (unpaired) electrons. The number of nitrogens with one attached hydrogen (secondary N) is 1. The Morgan fingerprint density at radius 3 is 2.45 bits per heavy atom. The van der Waals surface area contributed by atoms with Gasteiger partial charge in [0.1, 0.15) is 0 Å². The van der Waals surface area contributed by atoms with Gasteiger partial charge in [-0.25, -0.2) is 0 Å². The summed E-state index contributed by atoms with van der Waals surface area (Å²) >= 11 is 0. The Morgan fingerprint density at radius 2 is 1.83 bits per heavy atom. The van der Waals surface area contributed by atoms with E-state index in [-0.39, 0.29) is 5.91 Å². The molecule has 1 aromatic rings. The van der Waals surface area contributed by atoms with Crippen LogP contribution in [0, 0.1) is 17.8 Å². The van der Waals surface area contributed by atoms with E-state index >= 15 is 0 Å². The highest BCUT2D eigenvalue weighted by Crippen LogP contribution is 2.37. The van der Waals surface area contributed by atoms with Crippen molar-refractivity contribution in [1.82, 2.24) is 15.1 Å². The summed E-state index contributed by atoms with van der Waals surface area (Å²) in [4.78, 5) is 20.0. The molecule has 29 heavy (non-hydrogen) atoms. The minimum absolute atomic E-state index is 0.0527. The lowest BCUT2D eigenvalue weighted by Gasteiger charge is -2.51. The molecule has 4 heterocycles. The molecule has 1 unspecified atom stereocenters. The lowest BCUT2D eigenvalue weighted by molar-refractivity contribution is -0.0148. The number of benzene rings is 1. The predicted molar refractivity (Wildman–Crippen MR) is 120 cm³/mol. The van der Waals surface area contributed by atoms with Crippen LogP contribution in [0.25, 0.3) is 0 Å². The van der Waals surface area contributed by atoms with Crippen molar-refractivity contribution in [1.29, 1.82) is 0 Å². The number of piperidine rings is 4. The third-order valence-electron chi connectivity index (χ3n) is 7.53. The van der Waals surface area contributed by atoms with Gasteiger partial charge in [-0.1, -0.05) is 6.92 Å². The number of fused-ring (bicyclic) bond motifs is 3. The van der Waals surface area contributed by atoms with Crippen molar-refractivity contribution in [3.8, 4) is 0 Å². The number of likely N-dealkylation sites (tertiary alicyclic amines) is 1. The summed E-state index contributed by atoms with van der Waals surface area (Å²) in [5.41, 5.74) is 1.87. The second-order valence-corrected chi connectivity index (χ2v) is 9.83. The van der Waals surface area contributed by atoms with Crippen LogP contribution in [0.3, 0.4) is 0 Å².